The Hall–Kier alpha value is -3.68. The van der Waals surface area contributed by atoms with Gasteiger partial charge in [-0.15, -0.1) is 0 Å². The Kier molecular flexibility index (Phi) is 6.39. The summed E-state index contributed by atoms with van der Waals surface area (Å²) in [5.41, 5.74) is 0.961. The molecule has 3 rings (SSSR count). The number of rotatable bonds is 6. The van der Waals surface area contributed by atoms with Crippen LogP contribution in [0.3, 0.4) is 0 Å². The number of hydrogen-bond donors (Lipinski definition) is 1. The van der Waals surface area contributed by atoms with Gasteiger partial charge in [0.25, 0.3) is 5.91 Å². The van der Waals surface area contributed by atoms with E-state index in [4.69, 9.17) is 9.15 Å². The highest BCUT2D eigenvalue weighted by atomic mass is 16.5. The number of furan rings is 1. The second-order valence-electron chi connectivity index (χ2n) is 8.17. The number of nitrogens with zero attached hydrogens (tertiary/aromatic N) is 2. The summed E-state index contributed by atoms with van der Waals surface area (Å²) in [5, 5.41) is 3.38. The normalized spacial score (nSPS) is 11.2. The molecule has 0 bridgehead atoms. The van der Waals surface area contributed by atoms with Crippen molar-refractivity contribution in [3.63, 3.8) is 0 Å². The highest BCUT2D eigenvalue weighted by Crippen LogP contribution is 2.25. The molecule has 0 saturated heterocycles. The molecule has 0 atom stereocenters. The quantitative estimate of drug-likeness (QED) is 0.612. The van der Waals surface area contributed by atoms with E-state index in [0.717, 1.165) is 0 Å². The van der Waals surface area contributed by atoms with Gasteiger partial charge in [0.2, 0.25) is 5.91 Å². The third-order valence-corrected chi connectivity index (χ3v) is 4.36. The average molecular weight is 423 g/mol. The van der Waals surface area contributed by atoms with E-state index in [-0.39, 0.29) is 18.0 Å². The summed E-state index contributed by atoms with van der Waals surface area (Å²) in [4.78, 5) is 42.9. The van der Waals surface area contributed by atoms with Gasteiger partial charge < -0.3 is 19.4 Å². The fourth-order valence-corrected chi connectivity index (χ4v) is 2.97. The highest BCUT2D eigenvalue weighted by Gasteiger charge is 2.21. The smallest absolute Gasteiger partial charge is 0.339 e. The molecule has 0 aliphatic rings. The molecular formula is C23H25N3O5. The topological polar surface area (TPSA) is 102 Å². The zero-order valence-electron chi connectivity index (χ0n) is 18.0. The maximum absolute atomic E-state index is 12.8. The summed E-state index contributed by atoms with van der Waals surface area (Å²) in [6, 6.07) is 12.2. The first-order valence-corrected chi connectivity index (χ1v) is 9.80. The van der Waals surface area contributed by atoms with E-state index in [0.29, 0.717) is 22.4 Å². The van der Waals surface area contributed by atoms with Gasteiger partial charge in [-0.2, -0.15) is 0 Å². The number of carbonyl (C=O) groups excluding carboxylic acids is 3. The van der Waals surface area contributed by atoms with Gasteiger partial charge in [0.1, 0.15) is 5.69 Å². The lowest BCUT2D eigenvalue weighted by molar-refractivity contribution is -0.137. The first kappa shape index (κ1) is 22.0. The van der Waals surface area contributed by atoms with E-state index in [2.05, 4.69) is 10.3 Å². The van der Waals surface area contributed by atoms with Crippen molar-refractivity contribution in [2.45, 2.75) is 26.3 Å². The number of amides is 2. The van der Waals surface area contributed by atoms with Crippen LogP contribution < -0.4 is 5.32 Å². The first-order valence-electron chi connectivity index (χ1n) is 9.80. The number of pyridine rings is 1. The third kappa shape index (κ3) is 5.69. The number of esters is 1. The van der Waals surface area contributed by atoms with E-state index in [1.807, 2.05) is 26.8 Å². The molecule has 0 saturated carbocycles. The van der Waals surface area contributed by atoms with Crippen molar-refractivity contribution in [3.05, 3.63) is 54.3 Å². The van der Waals surface area contributed by atoms with Crippen molar-refractivity contribution in [1.29, 1.82) is 0 Å². The van der Waals surface area contributed by atoms with Crippen LogP contribution in [0.5, 0.6) is 0 Å². The van der Waals surface area contributed by atoms with Crippen LogP contribution in [0.4, 0.5) is 0 Å². The van der Waals surface area contributed by atoms with E-state index in [1.165, 1.54) is 18.2 Å². The van der Waals surface area contributed by atoms with Crippen LogP contribution in [0.2, 0.25) is 0 Å². The van der Waals surface area contributed by atoms with Crippen molar-refractivity contribution < 1.29 is 23.5 Å². The molecule has 162 valence electrons. The minimum Gasteiger partial charge on any atom is -0.463 e. The average Bonchev–Trinajstić information content (AvgIpc) is 3.24. The van der Waals surface area contributed by atoms with Gasteiger partial charge in [-0.1, -0.05) is 18.2 Å². The van der Waals surface area contributed by atoms with E-state index in [1.54, 1.807) is 36.4 Å². The second kappa shape index (κ2) is 8.99. The molecule has 0 spiro atoms. The predicted molar refractivity (Wildman–Crippen MR) is 115 cm³/mol. The number of ether oxygens (including phenoxy) is 1. The summed E-state index contributed by atoms with van der Waals surface area (Å²) < 4.78 is 10.6. The molecule has 2 heterocycles. The number of carbonyl (C=O) groups is 3. The van der Waals surface area contributed by atoms with Gasteiger partial charge in [-0.3, -0.25) is 9.59 Å². The Morgan fingerprint density at radius 2 is 1.87 bits per heavy atom. The third-order valence-electron chi connectivity index (χ3n) is 4.36. The van der Waals surface area contributed by atoms with Crippen molar-refractivity contribution in [2.24, 2.45) is 0 Å². The van der Waals surface area contributed by atoms with Crippen molar-refractivity contribution in [3.8, 4) is 11.5 Å². The molecule has 31 heavy (non-hydrogen) atoms. The summed E-state index contributed by atoms with van der Waals surface area (Å²) in [7, 11) is 1.48. The standard InChI is InChI=1S/C23H25N3O5/c1-23(2,3)25-20(27)13-26(4)21(28)14-31-22(29)16-12-18(19-10-7-11-30-19)24-17-9-6-5-8-15(16)17/h5-12H,13-14H2,1-4H3,(H,25,27). The van der Waals surface area contributed by atoms with Crippen LogP contribution in [0.1, 0.15) is 31.1 Å². The number of aromatic nitrogens is 1. The number of benzene rings is 1. The Morgan fingerprint density at radius 1 is 1.13 bits per heavy atom. The van der Waals surface area contributed by atoms with Crippen LogP contribution in [-0.2, 0) is 14.3 Å². The number of para-hydroxylation sites is 1. The molecule has 8 heteroatoms. The van der Waals surface area contributed by atoms with E-state index >= 15 is 0 Å². The zero-order valence-corrected chi connectivity index (χ0v) is 18.0. The molecule has 3 aromatic rings. The van der Waals surface area contributed by atoms with Gasteiger partial charge in [-0.05, 0) is 45.0 Å². The molecular weight excluding hydrogens is 398 g/mol. The molecule has 0 aliphatic carbocycles. The Labute approximate surface area is 180 Å². The van der Waals surface area contributed by atoms with Gasteiger partial charge in [-0.25, -0.2) is 9.78 Å². The Morgan fingerprint density at radius 3 is 2.55 bits per heavy atom. The molecule has 1 aromatic carbocycles. The second-order valence-corrected chi connectivity index (χ2v) is 8.17. The predicted octanol–water partition coefficient (Wildman–Crippen LogP) is 3.02. The van der Waals surface area contributed by atoms with Gasteiger partial charge in [0.05, 0.1) is 23.9 Å². The minimum absolute atomic E-state index is 0.130. The van der Waals surface area contributed by atoms with E-state index in [9.17, 15) is 14.4 Å². The lowest BCUT2D eigenvalue weighted by Gasteiger charge is -2.23. The van der Waals surface area contributed by atoms with Gasteiger partial charge in [0, 0.05) is 18.0 Å². The molecule has 2 aromatic heterocycles. The monoisotopic (exact) mass is 423 g/mol. The molecule has 1 N–H and O–H groups in total. The zero-order chi connectivity index (χ0) is 22.6. The summed E-state index contributed by atoms with van der Waals surface area (Å²) in [6.07, 6.45) is 1.52. The fraction of sp³-hybridized carbons (Fsp3) is 0.304. The summed E-state index contributed by atoms with van der Waals surface area (Å²) in [6.45, 7) is 4.94. The molecule has 8 nitrogen and oxygen atoms in total. The van der Waals surface area contributed by atoms with Gasteiger partial charge >= 0.3 is 5.97 Å². The number of nitrogens with one attached hydrogen (secondary N) is 1. The maximum atomic E-state index is 12.8. The van der Waals surface area contributed by atoms with E-state index < -0.39 is 24.0 Å². The summed E-state index contributed by atoms with van der Waals surface area (Å²) >= 11 is 0. The minimum atomic E-state index is -0.660. The number of fused-ring (bicyclic) bond motifs is 1. The summed E-state index contributed by atoms with van der Waals surface area (Å²) in [5.74, 6) is -0.923. The maximum Gasteiger partial charge on any atom is 0.339 e. The largest absolute Gasteiger partial charge is 0.463 e. The fourth-order valence-electron chi connectivity index (χ4n) is 2.97. The molecule has 0 aliphatic heterocycles. The van der Waals surface area contributed by atoms with Crippen molar-refractivity contribution in [2.75, 3.05) is 20.2 Å². The van der Waals surface area contributed by atoms with Crippen LogP contribution >= 0.6 is 0 Å². The number of likely N-dealkylation sites (N-methyl/N-ethyl adjacent to an activating group) is 1. The van der Waals surface area contributed by atoms with Crippen molar-refractivity contribution in [1.82, 2.24) is 15.2 Å². The molecule has 0 unspecified atom stereocenters. The van der Waals surface area contributed by atoms with Gasteiger partial charge in [0.15, 0.2) is 12.4 Å². The van der Waals surface area contributed by atoms with Crippen molar-refractivity contribution >= 4 is 28.7 Å². The molecule has 0 radical (unpaired) electrons. The first-order chi connectivity index (χ1) is 14.6. The van der Waals surface area contributed by atoms with Crippen LogP contribution in [0, 0.1) is 0 Å². The lowest BCUT2D eigenvalue weighted by atomic mass is 10.1. The Balaban J connectivity index is 1.72. The SMILES string of the molecule is CN(CC(=O)NC(C)(C)C)C(=O)COC(=O)c1cc(-c2ccco2)nc2ccccc12. The van der Waals surface area contributed by atoms with Crippen LogP contribution in [-0.4, -0.2) is 53.4 Å². The molecule has 0 fully saturated rings. The highest BCUT2D eigenvalue weighted by molar-refractivity contribution is 6.05. The molecule has 2 amide bonds. The number of hydrogen-bond acceptors (Lipinski definition) is 6. The van der Waals surface area contributed by atoms with Crippen LogP contribution in [0.25, 0.3) is 22.4 Å². The lowest BCUT2D eigenvalue weighted by Crippen LogP contribution is -2.46. The van der Waals surface area contributed by atoms with Crippen LogP contribution in [0.15, 0.2) is 53.1 Å². The Bertz CT molecular complexity index is 1100.